The summed E-state index contributed by atoms with van der Waals surface area (Å²) in [6.07, 6.45) is 1.87. The van der Waals surface area contributed by atoms with Crippen molar-refractivity contribution < 1.29 is 4.74 Å². The molecule has 1 saturated heterocycles. The molecular weight excluding hydrogens is 274 g/mol. The third-order valence-corrected chi connectivity index (χ3v) is 4.34. The van der Waals surface area contributed by atoms with Crippen molar-refractivity contribution >= 4 is 0 Å². The molecule has 0 bridgehead atoms. The van der Waals surface area contributed by atoms with Crippen molar-refractivity contribution in [3.8, 4) is 5.75 Å². The molecular formula is C18H23N3O. The van der Waals surface area contributed by atoms with Gasteiger partial charge in [0.05, 0.1) is 12.8 Å². The van der Waals surface area contributed by atoms with Crippen LogP contribution in [0, 0.1) is 0 Å². The number of ether oxygens (including phenoxy) is 1. The SMILES string of the molecule is COc1ccc([C@@H]2CN(Cc3ccccn3)CCN2C)cc1. The molecule has 0 aliphatic carbocycles. The standard InChI is InChI=1S/C18H23N3O/c1-20-11-12-21(13-16-5-3-4-10-19-16)14-18(20)15-6-8-17(22-2)9-7-15/h3-10,18H,11-14H2,1-2H3/t18-/m0/s1. The van der Waals surface area contributed by atoms with Gasteiger partial charge in [-0.25, -0.2) is 0 Å². The Bertz CT molecular complexity index is 585. The molecule has 1 atom stereocenters. The second-order valence-corrected chi connectivity index (χ2v) is 5.83. The highest BCUT2D eigenvalue weighted by Gasteiger charge is 2.25. The number of aromatic nitrogens is 1. The van der Waals surface area contributed by atoms with Gasteiger partial charge in [0, 0.05) is 38.4 Å². The molecule has 1 aromatic carbocycles. The molecule has 1 aliphatic rings. The molecule has 2 aromatic rings. The molecule has 0 N–H and O–H groups in total. The Hall–Kier alpha value is -1.91. The number of hydrogen-bond donors (Lipinski definition) is 0. The first-order valence-corrected chi connectivity index (χ1v) is 7.73. The summed E-state index contributed by atoms with van der Waals surface area (Å²) in [7, 11) is 3.91. The number of methoxy groups -OCH3 is 1. The molecule has 22 heavy (non-hydrogen) atoms. The number of likely N-dealkylation sites (N-methyl/N-ethyl adjacent to an activating group) is 1. The summed E-state index contributed by atoms with van der Waals surface area (Å²) >= 11 is 0. The van der Waals surface area contributed by atoms with Gasteiger partial charge in [0.1, 0.15) is 5.75 Å². The number of piperazine rings is 1. The molecule has 0 spiro atoms. The summed E-state index contributed by atoms with van der Waals surface area (Å²) < 4.78 is 5.25. The van der Waals surface area contributed by atoms with E-state index < -0.39 is 0 Å². The van der Waals surface area contributed by atoms with Gasteiger partial charge in [-0.2, -0.15) is 0 Å². The Morgan fingerprint density at radius 2 is 1.95 bits per heavy atom. The first-order valence-electron chi connectivity index (χ1n) is 7.73. The van der Waals surface area contributed by atoms with Gasteiger partial charge in [-0.3, -0.25) is 14.8 Å². The highest BCUT2D eigenvalue weighted by atomic mass is 16.5. The molecule has 1 aromatic heterocycles. The molecule has 116 valence electrons. The van der Waals surface area contributed by atoms with Crippen LogP contribution in [0.3, 0.4) is 0 Å². The fourth-order valence-corrected chi connectivity index (χ4v) is 2.98. The zero-order valence-electron chi connectivity index (χ0n) is 13.3. The first-order chi connectivity index (χ1) is 10.8. The van der Waals surface area contributed by atoms with Gasteiger partial charge in [-0.05, 0) is 36.9 Å². The molecule has 1 fully saturated rings. The summed E-state index contributed by atoms with van der Waals surface area (Å²) in [5.41, 5.74) is 2.48. The lowest BCUT2D eigenvalue weighted by molar-refractivity contribution is 0.0896. The predicted octanol–water partition coefficient (Wildman–Crippen LogP) is 2.58. The number of hydrogen-bond acceptors (Lipinski definition) is 4. The maximum Gasteiger partial charge on any atom is 0.118 e. The predicted molar refractivity (Wildman–Crippen MR) is 87.9 cm³/mol. The summed E-state index contributed by atoms with van der Waals surface area (Å²) in [6, 6.07) is 15.0. The highest BCUT2D eigenvalue weighted by molar-refractivity contribution is 5.29. The van der Waals surface area contributed by atoms with Crippen LogP contribution in [-0.4, -0.2) is 48.6 Å². The lowest BCUT2D eigenvalue weighted by atomic mass is 10.0. The Balaban J connectivity index is 1.70. The van der Waals surface area contributed by atoms with E-state index in [1.165, 1.54) is 5.56 Å². The second kappa shape index (κ2) is 6.90. The Morgan fingerprint density at radius 3 is 2.64 bits per heavy atom. The van der Waals surface area contributed by atoms with Crippen molar-refractivity contribution in [2.75, 3.05) is 33.8 Å². The molecule has 3 rings (SSSR count). The summed E-state index contributed by atoms with van der Waals surface area (Å²) in [6.45, 7) is 4.10. The van der Waals surface area contributed by atoms with Crippen LogP contribution in [-0.2, 0) is 6.54 Å². The van der Waals surface area contributed by atoms with Crippen LogP contribution in [0.2, 0.25) is 0 Å². The topological polar surface area (TPSA) is 28.6 Å². The van der Waals surface area contributed by atoms with Crippen LogP contribution < -0.4 is 4.74 Å². The smallest absolute Gasteiger partial charge is 0.118 e. The van der Waals surface area contributed by atoms with E-state index in [1.807, 2.05) is 24.4 Å². The van der Waals surface area contributed by atoms with Gasteiger partial charge < -0.3 is 4.74 Å². The van der Waals surface area contributed by atoms with Crippen LogP contribution in [0.4, 0.5) is 0 Å². The molecule has 0 unspecified atom stereocenters. The minimum Gasteiger partial charge on any atom is -0.497 e. The van der Waals surface area contributed by atoms with Crippen molar-refractivity contribution in [3.05, 3.63) is 59.9 Å². The van der Waals surface area contributed by atoms with E-state index in [2.05, 4.69) is 46.1 Å². The van der Waals surface area contributed by atoms with Gasteiger partial charge in [-0.15, -0.1) is 0 Å². The summed E-state index contributed by atoms with van der Waals surface area (Å²) in [4.78, 5) is 9.35. The minimum atomic E-state index is 0.420. The lowest BCUT2D eigenvalue weighted by Gasteiger charge is -2.39. The highest BCUT2D eigenvalue weighted by Crippen LogP contribution is 2.26. The van der Waals surface area contributed by atoms with E-state index in [1.54, 1.807) is 7.11 Å². The molecule has 1 aliphatic heterocycles. The molecule has 0 amide bonds. The normalized spacial score (nSPS) is 20.0. The van der Waals surface area contributed by atoms with E-state index in [9.17, 15) is 0 Å². The van der Waals surface area contributed by atoms with Crippen LogP contribution in [0.25, 0.3) is 0 Å². The van der Waals surface area contributed by atoms with Gasteiger partial charge in [0.15, 0.2) is 0 Å². The molecule has 0 radical (unpaired) electrons. The van der Waals surface area contributed by atoms with Gasteiger partial charge in [0.25, 0.3) is 0 Å². The number of pyridine rings is 1. The monoisotopic (exact) mass is 297 g/mol. The zero-order valence-corrected chi connectivity index (χ0v) is 13.3. The second-order valence-electron chi connectivity index (χ2n) is 5.83. The molecule has 0 saturated carbocycles. The fourth-order valence-electron chi connectivity index (χ4n) is 2.98. The van der Waals surface area contributed by atoms with Crippen molar-refractivity contribution in [2.45, 2.75) is 12.6 Å². The molecule has 4 heteroatoms. The van der Waals surface area contributed by atoms with Crippen molar-refractivity contribution in [3.63, 3.8) is 0 Å². The van der Waals surface area contributed by atoms with Crippen molar-refractivity contribution in [2.24, 2.45) is 0 Å². The average Bonchev–Trinajstić information content (AvgIpc) is 2.58. The Kier molecular flexibility index (Phi) is 4.71. The van der Waals surface area contributed by atoms with Crippen molar-refractivity contribution in [1.82, 2.24) is 14.8 Å². The maximum absolute atomic E-state index is 5.25. The van der Waals surface area contributed by atoms with E-state index >= 15 is 0 Å². The first kappa shape index (κ1) is 15.0. The Labute approximate surface area is 132 Å². The average molecular weight is 297 g/mol. The van der Waals surface area contributed by atoms with Crippen LogP contribution in [0.1, 0.15) is 17.3 Å². The zero-order chi connectivity index (χ0) is 15.4. The van der Waals surface area contributed by atoms with Gasteiger partial charge in [0.2, 0.25) is 0 Å². The van der Waals surface area contributed by atoms with Crippen LogP contribution in [0.5, 0.6) is 5.75 Å². The maximum atomic E-state index is 5.25. The van der Waals surface area contributed by atoms with E-state index in [4.69, 9.17) is 4.74 Å². The van der Waals surface area contributed by atoms with Crippen LogP contribution in [0.15, 0.2) is 48.7 Å². The van der Waals surface area contributed by atoms with E-state index in [0.29, 0.717) is 6.04 Å². The molecule has 2 heterocycles. The Morgan fingerprint density at radius 1 is 1.14 bits per heavy atom. The lowest BCUT2D eigenvalue weighted by Crippen LogP contribution is -2.46. The van der Waals surface area contributed by atoms with E-state index in [0.717, 1.165) is 37.6 Å². The third kappa shape index (κ3) is 3.46. The summed E-state index contributed by atoms with van der Waals surface area (Å²) in [5, 5.41) is 0. The number of rotatable bonds is 4. The molecule has 4 nitrogen and oxygen atoms in total. The van der Waals surface area contributed by atoms with E-state index in [-0.39, 0.29) is 0 Å². The van der Waals surface area contributed by atoms with Crippen LogP contribution >= 0.6 is 0 Å². The van der Waals surface area contributed by atoms with Gasteiger partial charge >= 0.3 is 0 Å². The largest absolute Gasteiger partial charge is 0.497 e. The third-order valence-electron chi connectivity index (χ3n) is 4.34. The fraction of sp³-hybridized carbons (Fsp3) is 0.389. The van der Waals surface area contributed by atoms with Crippen molar-refractivity contribution in [1.29, 1.82) is 0 Å². The van der Waals surface area contributed by atoms with Gasteiger partial charge in [-0.1, -0.05) is 18.2 Å². The summed E-state index contributed by atoms with van der Waals surface area (Å²) in [5.74, 6) is 0.910. The quantitative estimate of drug-likeness (QED) is 0.867. The minimum absolute atomic E-state index is 0.420. The number of benzene rings is 1. The number of nitrogens with zero attached hydrogens (tertiary/aromatic N) is 3.